The van der Waals surface area contributed by atoms with Gasteiger partial charge in [0.1, 0.15) is 4.83 Å². The monoisotopic (exact) mass is 329 g/mol. The third-order valence-corrected chi connectivity index (χ3v) is 4.98. The first-order valence-corrected chi connectivity index (χ1v) is 8.19. The van der Waals surface area contributed by atoms with Crippen LogP contribution in [0.1, 0.15) is 26.5 Å². The highest BCUT2D eigenvalue weighted by molar-refractivity contribution is 7.20. The molecule has 2 heterocycles. The third kappa shape index (κ3) is 3.13. The molecule has 0 spiro atoms. The topological polar surface area (TPSA) is 56.1 Å². The van der Waals surface area contributed by atoms with E-state index >= 15 is 0 Å². The second-order valence-corrected chi connectivity index (χ2v) is 6.45. The molecule has 5 nitrogen and oxygen atoms in total. The fourth-order valence-electron chi connectivity index (χ4n) is 2.61. The fourth-order valence-corrected chi connectivity index (χ4v) is 3.65. The Hall–Kier alpha value is -2.18. The van der Waals surface area contributed by atoms with Gasteiger partial charge in [0.15, 0.2) is 0 Å². The maximum atomic E-state index is 12.4. The molecule has 0 saturated carbocycles. The van der Waals surface area contributed by atoms with Gasteiger partial charge >= 0.3 is 0 Å². The number of nitrogens with zero attached hydrogens (tertiary/aromatic N) is 2. The van der Waals surface area contributed by atoms with Gasteiger partial charge in [-0.2, -0.15) is 5.10 Å². The van der Waals surface area contributed by atoms with Gasteiger partial charge < -0.3 is 10.1 Å². The van der Waals surface area contributed by atoms with E-state index in [1.54, 1.807) is 7.11 Å². The minimum absolute atomic E-state index is 0.0576. The third-order valence-electron chi connectivity index (χ3n) is 3.78. The molecule has 0 aliphatic carbocycles. The summed E-state index contributed by atoms with van der Waals surface area (Å²) in [5, 5.41) is 8.39. The van der Waals surface area contributed by atoms with Gasteiger partial charge in [0.25, 0.3) is 5.91 Å². The van der Waals surface area contributed by atoms with Crippen LogP contribution < -0.4 is 5.32 Å². The van der Waals surface area contributed by atoms with Crippen LogP contribution in [0.2, 0.25) is 0 Å². The SMILES string of the molecule is COCc1ccccc1CNC(=O)c1cc2c(C)nn(C)c2s1. The fraction of sp³-hybridized carbons (Fsp3) is 0.294. The van der Waals surface area contributed by atoms with E-state index in [-0.39, 0.29) is 5.91 Å². The highest BCUT2D eigenvalue weighted by atomic mass is 32.1. The minimum atomic E-state index is -0.0576. The number of carbonyl (C=O) groups excluding carboxylic acids is 1. The number of nitrogens with one attached hydrogen (secondary N) is 1. The number of hydrogen-bond donors (Lipinski definition) is 1. The Balaban J connectivity index is 1.75. The highest BCUT2D eigenvalue weighted by Crippen LogP contribution is 2.27. The molecule has 120 valence electrons. The summed E-state index contributed by atoms with van der Waals surface area (Å²) in [6.45, 7) is 2.99. The zero-order valence-electron chi connectivity index (χ0n) is 13.4. The van der Waals surface area contributed by atoms with Crippen molar-refractivity contribution in [2.24, 2.45) is 7.05 Å². The highest BCUT2D eigenvalue weighted by Gasteiger charge is 2.15. The number of thiophene rings is 1. The molecule has 0 fully saturated rings. The molecule has 0 bridgehead atoms. The van der Waals surface area contributed by atoms with Crippen molar-refractivity contribution in [1.82, 2.24) is 15.1 Å². The standard InChI is InChI=1S/C17H19N3O2S/c1-11-14-8-15(23-17(14)20(2)19-11)16(21)18-9-12-6-4-5-7-13(12)10-22-3/h4-8H,9-10H2,1-3H3,(H,18,21). The molecule has 0 saturated heterocycles. The molecule has 3 rings (SSSR count). The number of carbonyl (C=O) groups is 1. The lowest BCUT2D eigenvalue weighted by Crippen LogP contribution is -2.22. The van der Waals surface area contributed by atoms with E-state index in [0.717, 1.165) is 27.0 Å². The summed E-state index contributed by atoms with van der Waals surface area (Å²) in [4.78, 5) is 14.1. The number of fused-ring (bicyclic) bond motifs is 1. The Kier molecular flexibility index (Phi) is 4.45. The molecule has 23 heavy (non-hydrogen) atoms. The maximum absolute atomic E-state index is 12.4. The van der Waals surface area contributed by atoms with Gasteiger partial charge in [-0.15, -0.1) is 11.3 Å². The van der Waals surface area contributed by atoms with Gasteiger partial charge in [-0.25, -0.2) is 0 Å². The normalized spacial score (nSPS) is 11.1. The average molecular weight is 329 g/mol. The Morgan fingerprint density at radius 3 is 2.78 bits per heavy atom. The van der Waals surface area contributed by atoms with E-state index in [0.29, 0.717) is 18.0 Å². The first-order chi connectivity index (χ1) is 11.1. The number of hydrogen-bond acceptors (Lipinski definition) is 4. The summed E-state index contributed by atoms with van der Waals surface area (Å²) in [6, 6.07) is 9.88. The van der Waals surface area contributed by atoms with E-state index < -0.39 is 0 Å². The second kappa shape index (κ2) is 6.52. The van der Waals surface area contributed by atoms with Gasteiger partial charge in [0.05, 0.1) is 17.2 Å². The molecule has 1 aromatic carbocycles. The van der Waals surface area contributed by atoms with Crippen LogP contribution in [-0.4, -0.2) is 22.8 Å². The minimum Gasteiger partial charge on any atom is -0.380 e. The summed E-state index contributed by atoms with van der Waals surface area (Å²) in [6.07, 6.45) is 0. The number of ether oxygens (including phenoxy) is 1. The summed E-state index contributed by atoms with van der Waals surface area (Å²) in [5.41, 5.74) is 3.11. The van der Waals surface area contributed by atoms with Crippen LogP contribution >= 0.6 is 11.3 Å². The molecule has 0 aliphatic rings. The molecule has 3 aromatic rings. The molecule has 0 unspecified atom stereocenters. The van der Waals surface area contributed by atoms with Crippen molar-refractivity contribution in [3.63, 3.8) is 0 Å². The number of benzene rings is 1. The molecule has 2 aromatic heterocycles. The van der Waals surface area contributed by atoms with Crippen molar-refractivity contribution in [1.29, 1.82) is 0 Å². The van der Waals surface area contributed by atoms with Crippen LogP contribution in [0.25, 0.3) is 10.2 Å². The Morgan fingerprint density at radius 2 is 2.09 bits per heavy atom. The van der Waals surface area contributed by atoms with E-state index in [9.17, 15) is 4.79 Å². The van der Waals surface area contributed by atoms with Gasteiger partial charge in [-0.1, -0.05) is 24.3 Å². The molecule has 0 atom stereocenters. The van der Waals surface area contributed by atoms with Gasteiger partial charge in [-0.05, 0) is 24.1 Å². The van der Waals surface area contributed by atoms with Crippen LogP contribution in [0.4, 0.5) is 0 Å². The van der Waals surface area contributed by atoms with Crippen LogP contribution in [0.15, 0.2) is 30.3 Å². The predicted octanol–water partition coefficient (Wildman–Crippen LogP) is 3.02. The summed E-state index contributed by atoms with van der Waals surface area (Å²) in [7, 11) is 3.57. The molecule has 0 radical (unpaired) electrons. The Morgan fingerprint density at radius 1 is 1.35 bits per heavy atom. The molecule has 6 heteroatoms. The van der Waals surface area contributed by atoms with Crippen molar-refractivity contribution in [2.75, 3.05) is 7.11 Å². The maximum Gasteiger partial charge on any atom is 0.261 e. The lowest BCUT2D eigenvalue weighted by atomic mass is 10.1. The molecule has 1 N–H and O–H groups in total. The Labute approximate surface area is 138 Å². The van der Waals surface area contributed by atoms with E-state index in [1.165, 1.54) is 11.3 Å². The van der Waals surface area contributed by atoms with Crippen LogP contribution in [0.5, 0.6) is 0 Å². The first kappa shape index (κ1) is 15.7. The van der Waals surface area contributed by atoms with Gasteiger partial charge in [-0.3, -0.25) is 9.48 Å². The largest absolute Gasteiger partial charge is 0.380 e. The zero-order chi connectivity index (χ0) is 16.4. The quantitative estimate of drug-likeness (QED) is 0.783. The van der Waals surface area contributed by atoms with Crippen molar-refractivity contribution >= 4 is 27.5 Å². The number of rotatable bonds is 5. The van der Waals surface area contributed by atoms with Crippen molar-refractivity contribution in [2.45, 2.75) is 20.1 Å². The van der Waals surface area contributed by atoms with Crippen molar-refractivity contribution < 1.29 is 9.53 Å². The molecular weight excluding hydrogens is 310 g/mol. The lowest BCUT2D eigenvalue weighted by Gasteiger charge is -2.09. The Bertz CT molecular complexity index is 816. The molecule has 0 aliphatic heterocycles. The second-order valence-electron chi connectivity index (χ2n) is 5.42. The smallest absolute Gasteiger partial charge is 0.261 e. The number of aryl methyl sites for hydroxylation is 2. The van der Waals surface area contributed by atoms with E-state index in [4.69, 9.17) is 4.74 Å². The van der Waals surface area contributed by atoms with Crippen LogP contribution in [0, 0.1) is 6.92 Å². The van der Waals surface area contributed by atoms with Gasteiger partial charge in [0, 0.05) is 26.1 Å². The van der Waals surface area contributed by atoms with Crippen molar-refractivity contribution in [3.05, 3.63) is 52.0 Å². The average Bonchev–Trinajstić information content (AvgIpc) is 3.09. The van der Waals surface area contributed by atoms with Crippen molar-refractivity contribution in [3.8, 4) is 0 Å². The molecule has 1 amide bonds. The number of aromatic nitrogens is 2. The number of methoxy groups -OCH3 is 1. The zero-order valence-corrected chi connectivity index (χ0v) is 14.2. The van der Waals surface area contributed by atoms with E-state index in [1.807, 2.05) is 49.0 Å². The summed E-state index contributed by atoms with van der Waals surface area (Å²) in [5.74, 6) is -0.0576. The summed E-state index contributed by atoms with van der Waals surface area (Å²) < 4.78 is 7.01. The lowest BCUT2D eigenvalue weighted by molar-refractivity contribution is 0.0954. The van der Waals surface area contributed by atoms with Crippen LogP contribution in [0.3, 0.4) is 0 Å². The van der Waals surface area contributed by atoms with Gasteiger partial charge in [0.2, 0.25) is 0 Å². The predicted molar refractivity (Wildman–Crippen MR) is 91.7 cm³/mol. The molecular formula is C17H19N3O2S. The summed E-state index contributed by atoms with van der Waals surface area (Å²) >= 11 is 1.47. The van der Waals surface area contributed by atoms with E-state index in [2.05, 4.69) is 10.4 Å². The van der Waals surface area contributed by atoms with Crippen LogP contribution in [-0.2, 0) is 24.9 Å². The first-order valence-electron chi connectivity index (χ1n) is 7.37. The number of amides is 1.